The monoisotopic (exact) mass is 298 g/mol. The molecule has 3 unspecified atom stereocenters. The first-order valence-corrected chi connectivity index (χ1v) is 7.36. The number of nitrogens with two attached hydrogens (primary N) is 1. The molecular formula is C16H24ClFN2. The van der Waals surface area contributed by atoms with Gasteiger partial charge in [-0.25, -0.2) is 4.39 Å². The van der Waals surface area contributed by atoms with Crippen LogP contribution in [-0.2, 0) is 6.54 Å². The highest BCUT2D eigenvalue weighted by Gasteiger charge is 2.38. The Labute approximate surface area is 126 Å². The second-order valence-electron chi connectivity index (χ2n) is 6.30. The predicted octanol–water partition coefficient (Wildman–Crippen LogP) is 3.12. The number of halogens is 2. The van der Waals surface area contributed by atoms with Gasteiger partial charge in [-0.1, -0.05) is 18.6 Å². The molecule has 2 N–H and O–H groups in total. The molecule has 1 heterocycles. The van der Waals surface area contributed by atoms with E-state index < -0.39 is 0 Å². The molecule has 0 radical (unpaired) electrons. The third kappa shape index (κ3) is 3.16. The zero-order valence-electron chi connectivity index (χ0n) is 12.0. The molecule has 0 aromatic heterocycles. The summed E-state index contributed by atoms with van der Waals surface area (Å²) in [7, 11) is 0. The molecule has 4 heteroatoms. The van der Waals surface area contributed by atoms with Crippen LogP contribution in [0.25, 0.3) is 0 Å². The fraction of sp³-hybridized carbons (Fsp3) is 0.625. The van der Waals surface area contributed by atoms with Gasteiger partial charge in [0.2, 0.25) is 0 Å². The van der Waals surface area contributed by atoms with Crippen molar-refractivity contribution in [2.24, 2.45) is 17.6 Å². The lowest BCUT2D eigenvalue weighted by molar-refractivity contribution is 0.259. The molecule has 1 saturated heterocycles. The number of likely N-dealkylation sites (tertiary alicyclic amines) is 1. The minimum atomic E-state index is -0.110. The van der Waals surface area contributed by atoms with E-state index in [1.54, 1.807) is 6.07 Å². The molecule has 112 valence electrons. The van der Waals surface area contributed by atoms with Crippen LogP contribution in [0.2, 0.25) is 0 Å². The van der Waals surface area contributed by atoms with Crippen molar-refractivity contribution in [1.29, 1.82) is 0 Å². The Morgan fingerprint density at radius 2 is 2.10 bits per heavy atom. The summed E-state index contributed by atoms with van der Waals surface area (Å²) in [4.78, 5) is 2.49. The topological polar surface area (TPSA) is 29.3 Å². The summed E-state index contributed by atoms with van der Waals surface area (Å²) < 4.78 is 13.3. The van der Waals surface area contributed by atoms with Crippen molar-refractivity contribution < 1.29 is 4.39 Å². The Kier molecular flexibility index (Phi) is 5.05. The predicted molar refractivity (Wildman–Crippen MR) is 82.5 cm³/mol. The molecule has 0 spiro atoms. The van der Waals surface area contributed by atoms with Crippen molar-refractivity contribution in [3.63, 3.8) is 0 Å². The maximum atomic E-state index is 13.3. The molecule has 20 heavy (non-hydrogen) atoms. The van der Waals surface area contributed by atoms with E-state index in [4.69, 9.17) is 5.73 Å². The standard InChI is InChI=1S/C16H23FN2.ClH/c1-11-7-12(5-6-15(11)17)8-19-9-13-3-2-4-16(18)14(13)10-19;/h5-7,13-14,16H,2-4,8-10,18H2,1H3;1H. The summed E-state index contributed by atoms with van der Waals surface area (Å²) in [6.45, 7) is 5.04. The van der Waals surface area contributed by atoms with Crippen LogP contribution in [0.3, 0.4) is 0 Å². The summed E-state index contributed by atoms with van der Waals surface area (Å²) in [5, 5.41) is 0. The van der Waals surface area contributed by atoms with E-state index in [-0.39, 0.29) is 18.2 Å². The van der Waals surface area contributed by atoms with Gasteiger partial charge in [0.15, 0.2) is 0 Å². The van der Waals surface area contributed by atoms with Crippen LogP contribution in [-0.4, -0.2) is 24.0 Å². The average molecular weight is 299 g/mol. The Morgan fingerprint density at radius 3 is 2.80 bits per heavy atom. The molecule has 0 bridgehead atoms. The SMILES string of the molecule is Cc1cc(CN2CC3CCCC(N)C3C2)ccc1F.Cl. The van der Waals surface area contributed by atoms with E-state index in [1.807, 2.05) is 19.1 Å². The molecule has 2 fully saturated rings. The molecule has 3 rings (SSSR count). The van der Waals surface area contributed by atoms with Crippen LogP contribution in [0.1, 0.15) is 30.4 Å². The third-order valence-corrected chi connectivity index (χ3v) is 4.86. The fourth-order valence-electron chi connectivity index (χ4n) is 3.80. The van der Waals surface area contributed by atoms with E-state index in [0.717, 1.165) is 31.1 Å². The molecule has 1 aliphatic heterocycles. The largest absolute Gasteiger partial charge is 0.327 e. The number of hydrogen-bond acceptors (Lipinski definition) is 2. The number of rotatable bonds is 2. The molecule has 1 aromatic carbocycles. The van der Waals surface area contributed by atoms with Crippen molar-refractivity contribution in [3.05, 3.63) is 35.1 Å². The van der Waals surface area contributed by atoms with Crippen LogP contribution in [0.5, 0.6) is 0 Å². The van der Waals surface area contributed by atoms with Gasteiger partial charge in [0.1, 0.15) is 5.82 Å². The van der Waals surface area contributed by atoms with E-state index >= 15 is 0 Å². The van der Waals surface area contributed by atoms with Crippen LogP contribution >= 0.6 is 12.4 Å². The summed E-state index contributed by atoms with van der Waals surface area (Å²) in [6, 6.07) is 5.85. The van der Waals surface area contributed by atoms with Gasteiger partial charge in [-0.15, -0.1) is 12.4 Å². The van der Waals surface area contributed by atoms with Gasteiger partial charge in [-0.2, -0.15) is 0 Å². The number of nitrogens with zero attached hydrogens (tertiary/aromatic N) is 1. The quantitative estimate of drug-likeness (QED) is 0.909. The molecule has 1 aromatic rings. The summed E-state index contributed by atoms with van der Waals surface area (Å²) in [6.07, 6.45) is 3.80. The van der Waals surface area contributed by atoms with Gasteiger partial charge >= 0.3 is 0 Å². The molecule has 2 aliphatic rings. The second-order valence-corrected chi connectivity index (χ2v) is 6.30. The minimum absolute atomic E-state index is 0. The smallest absolute Gasteiger partial charge is 0.126 e. The van der Waals surface area contributed by atoms with Crippen LogP contribution in [0.4, 0.5) is 4.39 Å². The van der Waals surface area contributed by atoms with Gasteiger partial charge in [-0.05, 0) is 48.8 Å². The van der Waals surface area contributed by atoms with E-state index in [0.29, 0.717) is 12.0 Å². The fourth-order valence-corrected chi connectivity index (χ4v) is 3.80. The van der Waals surface area contributed by atoms with Gasteiger partial charge in [-0.3, -0.25) is 4.90 Å². The van der Waals surface area contributed by atoms with Gasteiger partial charge in [0, 0.05) is 25.7 Å². The van der Waals surface area contributed by atoms with Crippen molar-refractivity contribution in [3.8, 4) is 0 Å². The van der Waals surface area contributed by atoms with Crippen molar-refractivity contribution in [1.82, 2.24) is 4.90 Å². The summed E-state index contributed by atoms with van der Waals surface area (Å²) in [5.41, 5.74) is 8.20. The van der Waals surface area contributed by atoms with E-state index in [1.165, 1.54) is 24.8 Å². The lowest BCUT2D eigenvalue weighted by Gasteiger charge is -2.29. The van der Waals surface area contributed by atoms with Crippen LogP contribution in [0, 0.1) is 24.6 Å². The number of fused-ring (bicyclic) bond motifs is 1. The first-order chi connectivity index (χ1) is 9.13. The maximum absolute atomic E-state index is 13.3. The normalized spacial score (nSPS) is 29.9. The van der Waals surface area contributed by atoms with Crippen LogP contribution < -0.4 is 5.73 Å². The highest BCUT2D eigenvalue weighted by atomic mass is 35.5. The Bertz CT molecular complexity index is 466. The first-order valence-electron chi connectivity index (χ1n) is 7.36. The molecule has 0 amide bonds. The van der Waals surface area contributed by atoms with Gasteiger partial charge in [0.05, 0.1) is 0 Å². The zero-order chi connectivity index (χ0) is 13.4. The van der Waals surface area contributed by atoms with Crippen molar-refractivity contribution in [2.45, 2.75) is 38.8 Å². The Balaban J connectivity index is 0.00000147. The molecule has 2 nitrogen and oxygen atoms in total. The maximum Gasteiger partial charge on any atom is 0.126 e. The molecule has 1 saturated carbocycles. The Morgan fingerprint density at radius 1 is 1.30 bits per heavy atom. The summed E-state index contributed by atoms with van der Waals surface area (Å²) in [5.74, 6) is 1.35. The average Bonchev–Trinajstić information content (AvgIpc) is 2.78. The summed E-state index contributed by atoms with van der Waals surface area (Å²) >= 11 is 0. The lowest BCUT2D eigenvalue weighted by atomic mass is 9.78. The zero-order valence-corrected chi connectivity index (χ0v) is 12.8. The number of hydrogen-bond donors (Lipinski definition) is 1. The highest BCUT2D eigenvalue weighted by molar-refractivity contribution is 5.85. The van der Waals surface area contributed by atoms with Gasteiger partial charge < -0.3 is 5.73 Å². The minimum Gasteiger partial charge on any atom is -0.327 e. The van der Waals surface area contributed by atoms with Crippen LogP contribution in [0.15, 0.2) is 18.2 Å². The number of aryl methyl sites for hydroxylation is 1. The van der Waals surface area contributed by atoms with E-state index in [9.17, 15) is 4.39 Å². The molecule has 3 atom stereocenters. The second kappa shape index (κ2) is 6.42. The van der Waals surface area contributed by atoms with Gasteiger partial charge in [0.25, 0.3) is 0 Å². The van der Waals surface area contributed by atoms with E-state index in [2.05, 4.69) is 4.90 Å². The van der Waals surface area contributed by atoms with Crippen molar-refractivity contribution in [2.75, 3.05) is 13.1 Å². The first kappa shape index (κ1) is 15.7. The highest BCUT2D eigenvalue weighted by Crippen LogP contribution is 2.36. The molecular weight excluding hydrogens is 275 g/mol. The third-order valence-electron chi connectivity index (χ3n) is 4.86. The molecule has 1 aliphatic carbocycles. The van der Waals surface area contributed by atoms with Crippen molar-refractivity contribution >= 4 is 12.4 Å². The Hall–Kier alpha value is -0.640. The number of benzene rings is 1. The lowest BCUT2D eigenvalue weighted by Crippen LogP contribution is -2.38.